The molecule has 2 saturated heterocycles. The summed E-state index contributed by atoms with van der Waals surface area (Å²) in [5.41, 5.74) is 0.805. The Labute approximate surface area is 153 Å². The highest BCUT2D eigenvalue weighted by Crippen LogP contribution is 2.26. The molecule has 2 aliphatic rings. The van der Waals surface area contributed by atoms with Gasteiger partial charge in [0.15, 0.2) is 0 Å². The number of hydrogen-bond acceptors (Lipinski definition) is 5. The molecular weight excluding hydrogens is 373 g/mol. The van der Waals surface area contributed by atoms with E-state index in [2.05, 4.69) is 18.7 Å². The molecule has 0 aliphatic carbocycles. The lowest BCUT2D eigenvalue weighted by Crippen LogP contribution is -2.53. The van der Waals surface area contributed by atoms with Crippen molar-refractivity contribution in [3.63, 3.8) is 0 Å². The SMILES string of the molecule is CC(C)N1CCO[C@H]2CN(C(=O)c3ccsc3)C[C@H]21.O=C(O)C(F)(F)F. The van der Waals surface area contributed by atoms with Gasteiger partial charge in [0, 0.05) is 31.1 Å². The number of carbonyl (C=O) groups is 2. The number of hydrogen-bond donors (Lipinski definition) is 1. The van der Waals surface area contributed by atoms with Crippen molar-refractivity contribution in [3.8, 4) is 0 Å². The van der Waals surface area contributed by atoms with Gasteiger partial charge in [-0.2, -0.15) is 24.5 Å². The normalized spacial score (nSPS) is 23.4. The van der Waals surface area contributed by atoms with E-state index in [0.29, 0.717) is 12.1 Å². The van der Waals surface area contributed by atoms with Gasteiger partial charge in [0.05, 0.1) is 24.3 Å². The topological polar surface area (TPSA) is 70.1 Å². The number of likely N-dealkylation sites (tertiary alicyclic amines) is 1. The highest BCUT2D eigenvalue weighted by Gasteiger charge is 2.42. The van der Waals surface area contributed by atoms with E-state index in [1.807, 2.05) is 21.7 Å². The van der Waals surface area contributed by atoms with E-state index in [-0.39, 0.29) is 12.0 Å². The van der Waals surface area contributed by atoms with E-state index in [1.165, 1.54) is 0 Å². The quantitative estimate of drug-likeness (QED) is 0.834. The number of carboxylic acids is 1. The van der Waals surface area contributed by atoms with Crippen LogP contribution in [0.15, 0.2) is 16.8 Å². The van der Waals surface area contributed by atoms with Crippen LogP contribution in [0.3, 0.4) is 0 Å². The van der Waals surface area contributed by atoms with Crippen molar-refractivity contribution in [3.05, 3.63) is 22.4 Å². The van der Waals surface area contributed by atoms with Crippen molar-refractivity contribution in [2.24, 2.45) is 0 Å². The standard InChI is InChI=1S/C14H20N2O2S.C2HF3O2/c1-10(2)16-4-5-18-13-8-15(7-12(13)16)14(17)11-3-6-19-9-11;3-2(4,5)1(6)7/h3,6,9-10,12-13H,4-5,7-8H2,1-2H3;(H,6,7)/t12-,13+;/m1./s1. The monoisotopic (exact) mass is 394 g/mol. The van der Waals surface area contributed by atoms with E-state index in [0.717, 1.165) is 31.8 Å². The Morgan fingerprint density at radius 3 is 2.50 bits per heavy atom. The molecule has 3 rings (SSSR count). The number of rotatable bonds is 2. The highest BCUT2D eigenvalue weighted by atomic mass is 32.1. The Balaban J connectivity index is 0.000000298. The first-order chi connectivity index (χ1) is 12.1. The molecule has 10 heteroatoms. The maximum absolute atomic E-state index is 12.4. The van der Waals surface area contributed by atoms with Crippen molar-refractivity contribution in [2.45, 2.75) is 38.2 Å². The summed E-state index contributed by atoms with van der Waals surface area (Å²) in [6, 6.07) is 2.76. The van der Waals surface area contributed by atoms with E-state index >= 15 is 0 Å². The Morgan fingerprint density at radius 1 is 1.35 bits per heavy atom. The first kappa shape index (κ1) is 20.7. The second-order valence-electron chi connectivity index (χ2n) is 6.33. The molecule has 2 atom stereocenters. The molecule has 0 radical (unpaired) electrons. The van der Waals surface area contributed by atoms with Crippen LogP contribution < -0.4 is 0 Å². The summed E-state index contributed by atoms with van der Waals surface area (Å²) in [7, 11) is 0. The van der Waals surface area contributed by atoms with Gasteiger partial charge in [0.1, 0.15) is 0 Å². The minimum Gasteiger partial charge on any atom is -0.475 e. The summed E-state index contributed by atoms with van der Waals surface area (Å²) < 4.78 is 37.6. The number of morpholine rings is 1. The molecule has 0 aromatic carbocycles. The first-order valence-corrected chi connectivity index (χ1v) is 9.04. The van der Waals surface area contributed by atoms with Crippen LogP contribution in [-0.4, -0.2) is 77.4 Å². The Kier molecular flexibility index (Phi) is 6.64. The summed E-state index contributed by atoms with van der Waals surface area (Å²) in [5.74, 6) is -2.62. The van der Waals surface area contributed by atoms with Gasteiger partial charge in [-0.05, 0) is 25.3 Å². The van der Waals surface area contributed by atoms with Crippen LogP contribution in [0.5, 0.6) is 0 Å². The summed E-state index contributed by atoms with van der Waals surface area (Å²) in [6.07, 6.45) is -4.90. The van der Waals surface area contributed by atoms with Gasteiger partial charge in [0.25, 0.3) is 5.91 Å². The van der Waals surface area contributed by atoms with Crippen LogP contribution in [0.4, 0.5) is 13.2 Å². The van der Waals surface area contributed by atoms with Crippen molar-refractivity contribution < 1.29 is 32.6 Å². The highest BCUT2D eigenvalue weighted by molar-refractivity contribution is 7.08. The molecule has 146 valence electrons. The molecule has 1 aromatic rings. The van der Waals surface area contributed by atoms with Gasteiger partial charge in [-0.1, -0.05) is 0 Å². The zero-order valence-electron chi connectivity index (χ0n) is 14.4. The smallest absolute Gasteiger partial charge is 0.475 e. The first-order valence-electron chi connectivity index (χ1n) is 8.10. The third kappa shape index (κ3) is 4.95. The molecule has 2 aliphatic heterocycles. The third-order valence-electron chi connectivity index (χ3n) is 4.31. The fraction of sp³-hybridized carbons (Fsp3) is 0.625. The molecule has 0 unspecified atom stereocenters. The van der Waals surface area contributed by atoms with E-state index in [4.69, 9.17) is 14.6 Å². The minimum absolute atomic E-state index is 0.142. The number of carboxylic acid groups (broad SMARTS) is 1. The molecule has 0 bridgehead atoms. The zero-order valence-corrected chi connectivity index (χ0v) is 15.2. The van der Waals surface area contributed by atoms with Gasteiger partial charge in [-0.15, -0.1) is 0 Å². The fourth-order valence-electron chi connectivity index (χ4n) is 3.09. The number of ether oxygens (including phenoxy) is 1. The number of thiophene rings is 1. The second kappa shape index (κ2) is 8.36. The minimum atomic E-state index is -5.08. The fourth-order valence-corrected chi connectivity index (χ4v) is 3.72. The molecular formula is C16H21F3N2O4S. The average molecular weight is 394 g/mol. The number of amides is 1. The van der Waals surface area contributed by atoms with E-state index < -0.39 is 12.1 Å². The number of carbonyl (C=O) groups excluding carboxylic acids is 1. The third-order valence-corrected chi connectivity index (χ3v) is 4.99. The van der Waals surface area contributed by atoms with Crippen molar-refractivity contribution >= 4 is 23.2 Å². The molecule has 26 heavy (non-hydrogen) atoms. The number of aliphatic carboxylic acids is 1. The molecule has 3 heterocycles. The molecule has 2 fully saturated rings. The van der Waals surface area contributed by atoms with Gasteiger partial charge in [-0.3, -0.25) is 9.69 Å². The van der Waals surface area contributed by atoms with Crippen LogP contribution in [0.1, 0.15) is 24.2 Å². The van der Waals surface area contributed by atoms with E-state index in [9.17, 15) is 18.0 Å². The molecule has 0 saturated carbocycles. The second-order valence-corrected chi connectivity index (χ2v) is 7.11. The van der Waals surface area contributed by atoms with Crippen LogP contribution >= 0.6 is 11.3 Å². The lowest BCUT2D eigenvalue weighted by molar-refractivity contribution is -0.192. The molecule has 1 aromatic heterocycles. The Hall–Kier alpha value is -1.65. The van der Waals surface area contributed by atoms with Crippen LogP contribution in [0, 0.1) is 0 Å². The van der Waals surface area contributed by atoms with Crippen LogP contribution in [-0.2, 0) is 9.53 Å². The number of alkyl halides is 3. The number of halogens is 3. The number of nitrogens with zero attached hydrogens (tertiary/aromatic N) is 2. The lowest BCUT2D eigenvalue weighted by atomic mass is 10.1. The predicted octanol–water partition coefficient (Wildman–Crippen LogP) is 2.32. The van der Waals surface area contributed by atoms with Crippen LogP contribution in [0.2, 0.25) is 0 Å². The van der Waals surface area contributed by atoms with Gasteiger partial charge in [-0.25, -0.2) is 4.79 Å². The number of fused-ring (bicyclic) bond motifs is 1. The summed E-state index contributed by atoms with van der Waals surface area (Å²) in [4.78, 5) is 25.7. The van der Waals surface area contributed by atoms with Crippen molar-refractivity contribution in [1.29, 1.82) is 0 Å². The molecule has 1 N–H and O–H groups in total. The molecule has 1 amide bonds. The summed E-state index contributed by atoms with van der Waals surface area (Å²) in [5, 5.41) is 11.0. The average Bonchev–Trinajstić information content (AvgIpc) is 3.22. The summed E-state index contributed by atoms with van der Waals surface area (Å²) in [6.45, 7) is 7.69. The maximum Gasteiger partial charge on any atom is 0.490 e. The summed E-state index contributed by atoms with van der Waals surface area (Å²) >= 11 is 1.57. The Morgan fingerprint density at radius 2 is 2.00 bits per heavy atom. The van der Waals surface area contributed by atoms with Crippen LogP contribution in [0.25, 0.3) is 0 Å². The predicted molar refractivity (Wildman–Crippen MR) is 89.3 cm³/mol. The van der Waals surface area contributed by atoms with Gasteiger partial charge >= 0.3 is 12.1 Å². The molecule has 6 nitrogen and oxygen atoms in total. The van der Waals surface area contributed by atoms with Gasteiger partial charge < -0.3 is 14.7 Å². The van der Waals surface area contributed by atoms with E-state index in [1.54, 1.807) is 11.3 Å². The van der Waals surface area contributed by atoms with Crippen molar-refractivity contribution in [2.75, 3.05) is 26.2 Å². The van der Waals surface area contributed by atoms with Gasteiger partial charge in [0.2, 0.25) is 0 Å². The largest absolute Gasteiger partial charge is 0.490 e. The molecule has 0 spiro atoms. The zero-order chi connectivity index (χ0) is 19.5. The Bertz CT molecular complexity index is 622. The van der Waals surface area contributed by atoms with Crippen molar-refractivity contribution in [1.82, 2.24) is 9.80 Å². The maximum atomic E-state index is 12.4. The lowest BCUT2D eigenvalue weighted by Gasteiger charge is -2.39.